The standard InChI is InChI=1S/C9H16N2O/c1-7(10)5-6-8(2)11(4)9(3)12/h5-6H,10H2,1-4H3/b7-5-,8-6+. The lowest BCUT2D eigenvalue weighted by molar-refractivity contribution is -0.125. The zero-order valence-electron chi connectivity index (χ0n) is 8.09. The van der Waals surface area contributed by atoms with Crippen LogP contribution in [-0.2, 0) is 4.79 Å². The van der Waals surface area contributed by atoms with E-state index in [1.54, 1.807) is 24.9 Å². The number of nitrogens with zero attached hydrogens (tertiary/aromatic N) is 1. The van der Waals surface area contributed by atoms with Crippen molar-refractivity contribution in [3.63, 3.8) is 0 Å². The lowest BCUT2D eigenvalue weighted by Gasteiger charge is -2.14. The van der Waals surface area contributed by atoms with Gasteiger partial charge in [-0.3, -0.25) is 4.79 Å². The number of nitrogens with two attached hydrogens (primary N) is 1. The fourth-order valence-electron chi connectivity index (χ4n) is 0.612. The van der Waals surface area contributed by atoms with Gasteiger partial charge in [0.1, 0.15) is 0 Å². The molecule has 0 aromatic rings. The third-order valence-corrected chi connectivity index (χ3v) is 1.59. The van der Waals surface area contributed by atoms with Gasteiger partial charge in [0.2, 0.25) is 5.91 Å². The minimum absolute atomic E-state index is 0.0202. The summed E-state index contributed by atoms with van der Waals surface area (Å²) in [6.45, 7) is 5.19. The van der Waals surface area contributed by atoms with Crippen LogP contribution < -0.4 is 5.73 Å². The molecule has 3 heteroatoms. The molecular formula is C9H16N2O. The van der Waals surface area contributed by atoms with Crippen molar-refractivity contribution in [2.24, 2.45) is 5.73 Å². The first kappa shape index (κ1) is 10.8. The summed E-state index contributed by atoms with van der Waals surface area (Å²) < 4.78 is 0. The average Bonchev–Trinajstić information content (AvgIpc) is 1.98. The first-order valence-corrected chi connectivity index (χ1v) is 3.80. The molecule has 0 rings (SSSR count). The molecule has 0 saturated carbocycles. The van der Waals surface area contributed by atoms with E-state index in [9.17, 15) is 4.79 Å². The predicted octanol–water partition coefficient (Wildman–Crippen LogP) is 1.23. The van der Waals surface area contributed by atoms with E-state index in [1.807, 2.05) is 13.0 Å². The third kappa shape index (κ3) is 3.81. The number of hydrogen-bond donors (Lipinski definition) is 1. The monoisotopic (exact) mass is 168 g/mol. The van der Waals surface area contributed by atoms with Crippen molar-refractivity contribution in [3.05, 3.63) is 23.5 Å². The minimum Gasteiger partial charge on any atom is -0.402 e. The minimum atomic E-state index is 0.0202. The summed E-state index contributed by atoms with van der Waals surface area (Å²) in [5.41, 5.74) is 7.04. The normalized spacial score (nSPS) is 13.0. The zero-order chi connectivity index (χ0) is 9.72. The van der Waals surface area contributed by atoms with Crippen molar-refractivity contribution in [1.82, 2.24) is 4.90 Å². The fourth-order valence-corrected chi connectivity index (χ4v) is 0.612. The van der Waals surface area contributed by atoms with Crippen LogP contribution >= 0.6 is 0 Å². The summed E-state index contributed by atoms with van der Waals surface area (Å²) in [4.78, 5) is 12.4. The van der Waals surface area contributed by atoms with Gasteiger partial charge in [-0.15, -0.1) is 0 Å². The Morgan fingerprint density at radius 2 is 1.75 bits per heavy atom. The van der Waals surface area contributed by atoms with Crippen molar-refractivity contribution < 1.29 is 4.79 Å². The summed E-state index contributed by atoms with van der Waals surface area (Å²) in [6.07, 6.45) is 3.59. The van der Waals surface area contributed by atoms with E-state index in [4.69, 9.17) is 5.73 Å². The molecule has 0 heterocycles. The third-order valence-electron chi connectivity index (χ3n) is 1.59. The van der Waals surface area contributed by atoms with E-state index in [0.29, 0.717) is 0 Å². The molecule has 12 heavy (non-hydrogen) atoms. The Hall–Kier alpha value is -1.25. The molecule has 1 amide bonds. The molecule has 0 aromatic heterocycles. The predicted molar refractivity (Wildman–Crippen MR) is 50.1 cm³/mol. The summed E-state index contributed by atoms with van der Waals surface area (Å²) in [6, 6.07) is 0. The molecule has 0 saturated heterocycles. The molecule has 0 bridgehead atoms. The Balaban J connectivity index is 4.38. The summed E-state index contributed by atoms with van der Waals surface area (Å²) >= 11 is 0. The first-order valence-electron chi connectivity index (χ1n) is 3.80. The molecule has 0 atom stereocenters. The smallest absolute Gasteiger partial charge is 0.223 e. The molecule has 0 aromatic carbocycles. The van der Waals surface area contributed by atoms with Gasteiger partial charge in [-0.2, -0.15) is 0 Å². The molecule has 0 aliphatic heterocycles. The molecule has 2 N–H and O–H groups in total. The molecule has 0 aliphatic rings. The maximum atomic E-state index is 10.9. The van der Waals surface area contributed by atoms with Crippen LogP contribution in [-0.4, -0.2) is 17.9 Å². The highest BCUT2D eigenvalue weighted by Crippen LogP contribution is 2.00. The Kier molecular flexibility index (Phi) is 4.11. The Morgan fingerprint density at radius 1 is 1.25 bits per heavy atom. The largest absolute Gasteiger partial charge is 0.402 e. The molecule has 0 unspecified atom stereocenters. The van der Waals surface area contributed by atoms with Gasteiger partial charge in [-0.1, -0.05) is 0 Å². The van der Waals surface area contributed by atoms with Gasteiger partial charge in [-0.25, -0.2) is 0 Å². The van der Waals surface area contributed by atoms with E-state index in [1.165, 1.54) is 6.92 Å². The van der Waals surface area contributed by atoms with Crippen molar-refractivity contribution >= 4 is 5.91 Å². The topological polar surface area (TPSA) is 46.3 Å². The summed E-state index contributed by atoms with van der Waals surface area (Å²) in [5.74, 6) is 0.0202. The second kappa shape index (κ2) is 4.59. The lowest BCUT2D eigenvalue weighted by atomic mass is 10.3. The lowest BCUT2D eigenvalue weighted by Crippen LogP contribution is -2.21. The average molecular weight is 168 g/mol. The number of rotatable bonds is 2. The first-order chi connectivity index (χ1) is 5.45. The fraction of sp³-hybridized carbons (Fsp3) is 0.444. The van der Waals surface area contributed by atoms with Crippen LogP contribution in [0, 0.1) is 0 Å². The van der Waals surface area contributed by atoms with Crippen molar-refractivity contribution in [2.75, 3.05) is 7.05 Å². The Morgan fingerprint density at radius 3 is 2.08 bits per heavy atom. The summed E-state index contributed by atoms with van der Waals surface area (Å²) in [7, 11) is 1.73. The number of allylic oxidation sites excluding steroid dienone is 4. The summed E-state index contributed by atoms with van der Waals surface area (Å²) in [5, 5.41) is 0. The quantitative estimate of drug-likeness (QED) is 0.630. The maximum Gasteiger partial charge on any atom is 0.223 e. The Bertz CT molecular complexity index is 225. The van der Waals surface area contributed by atoms with E-state index >= 15 is 0 Å². The molecule has 0 spiro atoms. The number of hydrogen-bond acceptors (Lipinski definition) is 2. The van der Waals surface area contributed by atoms with E-state index in [2.05, 4.69) is 0 Å². The van der Waals surface area contributed by atoms with E-state index in [-0.39, 0.29) is 5.91 Å². The van der Waals surface area contributed by atoms with Gasteiger partial charge >= 0.3 is 0 Å². The van der Waals surface area contributed by atoms with E-state index < -0.39 is 0 Å². The van der Waals surface area contributed by atoms with Crippen LogP contribution in [0.5, 0.6) is 0 Å². The number of carbonyl (C=O) groups is 1. The molecule has 3 nitrogen and oxygen atoms in total. The van der Waals surface area contributed by atoms with Crippen molar-refractivity contribution in [3.8, 4) is 0 Å². The molecule has 0 fully saturated rings. The number of carbonyl (C=O) groups excluding carboxylic acids is 1. The van der Waals surface area contributed by atoms with Gasteiger partial charge in [0.25, 0.3) is 0 Å². The van der Waals surface area contributed by atoms with Gasteiger partial charge in [0.15, 0.2) is 0 Å². The van der Waals surface area contributed by atoms with Crippen LogP contribution in [0.3, 0.4) is 0 Å². The zero-order valence-corrected chi connectivity index (χ0v) is 8.09. The SMILES string of the molecule is CC(=O)N(C)/C(C)=C/C=C(/C)N. The maximum absolute atomic E-state index is 10.9. The molecule has 68 valence electrons. The highest BCUT2D eigenvalue weighted by atomic mass is 16.2. The number of amides is 1. The molecule has 0 radical (unpaired) electrons. The van der Waals surface area contributed by atoms with Crippen LogP contribution in [0.2, 0.25) is 0 Å². The highest BCUT2D eigenvalue weighted by Gasteiger charge is 2.01. The highest BCUT2D eigenvalue weighted by molar-refractivity contribution is 5.74. The van der Waals surface area contributed by atoms with Crippen LogP contribution in [0.15, 0.2) is 23.5 Å². The van der Waals surface area contributed by atoms with Gasteiger partial charge < -0.3 is 10.6 Å². The molecule has 0 aliphatic carbocycles. The van der Waals surface area contributed by atoms with Crippen molar-refractivity contribution in [1.29, 1.82) is 0 Å². The Labute approximate surface area is 73.5 Å². The van der Waals surface area contributed by atoms with E-state index in [0.717, 1.165) is 11.4 Å². The van der Waals surface area contributed by atoms with Gasteiger partial charge in [-0.05, 0) is 26.0 Å². The van der Waals surface area contributed by atoms with Gasteiger partial charge in [0.05, 0.1) is 0 Å². The van der Waals surface area contributed by atoms with Crippen LogP contribution in [0.4, 0.5) is 0 Å². The molecular weight excluding hydrogens is 152 g/mol. The van der Waals surface area contributed by atoms with Crippen molar-refractivity contribution in [2.45, 2.75) is 20.8 Å². The second-order valence-electron chi connectivity index (χ2n) is 2.80. The second-order valence-corrected chi connectivity index (χ2v) is 2.80. The van der Waals surface area contributed by atoms with Crippen LogP contribution in [0.25, 0.3) is 0 Å². The van der Waals surface area contributed by atoms with Gasteiger partial charge in [0, 0.05) is 25.4 Å². The van der Waals surface area contributed by atoms with Crippen LogP contribution in [0.1, 0.15) is 20.8 Å².